The lowest BCUT2D eigenvalue weighted by molar-refractivity contribution is -0.137. The number of aromatic nitrogens is 1. The zero-order valence-electron chi connectivity index (χ0n) is 16.2. The molecular formula is C22H17ClFNO4S2. The largest absolute Gasteiger partial charge is 0.480 e. The van der Waals surface area contributed by atoms with Crippen LogP contribution in [0.4, 0.5) is 4.39 Å². The standard InChI is InChI=1S/C22H17ClFNO4S2/c1-13-21(16-11-14(24)7-8-17(16)25(13)12-20(26)27)22(18-9-10-19(23)30-18)31(28,29)15-5-3-2-4-6-15/h2-11,22H,12H2,1H3,(H,26,27). The third kappa shape index (κ3) is 3.86. The molecule has 4 aromatic rings. The Balaban J connectivity index is 2.08. The minimum absolute atomic E-state index is 0.111. The first-order chi connectivity index (χ1) is 14.7. The maximum Gasteiger partial charge on any atom is 0.323 e. The van der Waals surface area contributed by atoms with Gasteiger partial charge in [0.15, 0.2) is 9.84 Å². The van der Waals surface area contributed by atoms with Gasteiger partial charge in [0.2, 0.25) is 0 Å². The molecule has 0 bridgehead atoms. The number of hydrogen-bond acceptors (Lipinski definition) is 4. The van der Waals surface area contributed by atoms with Gasteiger partial charge < -0.3 is 9.67 Å². The first-order valence-electron chi connectivity index (χ1n) is 9.24. The lowest BCUT2D eigenvalue weighted by atomic mass is 10.1. The second-order valence-electron chi connectivity index (χ2n) is 7.02. The normalized spacial score (nSPS) is 12.9. The second kappa shape index (κ2) is 8.11. The van der Waals surface area contributed by atoms with Crippen molar-refractivity contribution in [2.75, 3.05) is 0 Å². The van der Waals surface area contributed by atoms with Gasteiger partial charge in [0, 0.05) is 27.0 Å². The van der Waals surface area contributed by atoms with Crippen molar-refractivity contribution in [2.24, 2.45) is 0 Å². The molecular weight excluding hydrogens is 461 g/mol. The zero-order chi connectivity index (χ0) is 22.3. The number of fused-ring (bicyclic) bond motifs is 1. The molecule has 0 fully saturated rings. The summed E-state index contributed by atoms with van der Waals surface area (Å²) in [6.07, 6.45) is 0. The van der Waals surface area contributed by atoms with E-state index in [4.69, 9.17) is 11.6 Å². The molecule has 0 saturated carbocycles. The van der Waals surface area contributed by atoms with E-state index in [9.17, 15) is 22.7 Å². The highest BCUT2D eigenvalue weighted by atomic mass is 35.5. The molecule has 0 amide bonds. The van der Waals surface area contributed by atoms with E-state index in [1.165, 1.54) is 34.9 Å². The molecule has 9 heteroatoms. The SMILES string of the molecule is Cc1c(C(c2ccc(Cl)s2)S(=O)(=O)c2ccccc2)c2cc(F)ccc2n1CC(=O)O. The molecule has 1 unspecified atom stereocenters. The van der Waals surface area contributed by atoms with E-state index in [1.807, 2.05) is 0 Å². The van der Waals surface area contributed by atoms with Gasteiger partial charge in [-0.1, -0.05) is 29.8 Å². The molecule has 0 saturated heterocycles. The smallest absolute Gasteiger partial charge is 0.323 e. The summed E-state index contributed by atoms with van der Waals surface area (Å²) in [6.45, 7) is 1.27. The number of carboxylic acid groups (broad SMARTS) is 1. The summed E-state index contributed by atoms with van der Waals surface area (Å²) in [4.78, 5) is 12.1. The van der Waals surface area contributed by atoms with Crippen LogP contribution < -0.4 is 0 Å². The van der Waals surface area contributed by atoms with Gasteiger partial charge in [0.1, 0.15) is 17.6 Å². The van der Waals surface area contributed by atoms with E-state index in [-0.39, 0.29) is 11.4 Å². The molecule has 160 valence electrons. The van der Waals surface area contributed by atoms with Crippen LogP contribution in [-0.4, -0.2) is 24.1 Å². The van der Waals surface area contributed by atoms with E-state index in [0.717, 1.165) is 11.3 Å². The first-order valence-corrected chi connectivity index (χ1v) is 12.0. The molecule has 0 spiro atoms. The Morgan fingerprint density at radius 3 is 2.48 bits per heavy atom. The van der Waals surface area contributed by atoms with Crippen LogP contribution >= 0.6 is 22.9 Å². The van der Waals surface area contributed by atoms with Crippen molar-refractivity contribution in [3.63, 3.8) is 0 Å². The Morgan fingerprint density at radius 1 is 1.16 bits per heavy atom. The van der Waals surface area contributed by atoms with Crippen LogP contribution in [0.1, 0.15) is 21.4 Å². The van der Waals surface area contributed by atoms with Crippen LogP contribution in [0.25, 0.3) is 10.9 Å². The number of sulfone groups is 1. The second-order valence-corrected chi connectivity index (χ2v) is 10.8. The summed E-state index contributed by atoms with van der Waals surface area (Å²) in [5.41, 5.74) is 1.24. The molecule has 0 radical (unpaired) electrons. The van der Waals surface area contributed by atoms with E-state index in [2.05, 4.69) is 0 Å². The van der Waals surface area contributed by atoms with Gasteiger partial charge in [0.05, 0.1) is 9.23 Å². The maximum absolute atomic E-state index is 14.2. The number of halogens is 2. The van der Waals surface area contributed by atoms with Crippen LogP contribution in [0, 0.1) is 12.7 Å². The van der Waals surface area contributed by atoms with Gasteiger partial charge in [0.25, 0.3) is 0 Å². The molecule has 4 rings (SSSR count). The average molecular weight is 478 g/mol. The monoisotopic (exact) mass is 477 g/mol. The van der Waals surface area contributed by atoms with Gasteiger partial charge in [-0.25, -0.2) is 12.8 Å². The number of nitrogens with zero attached hydrogens (tertiary/aromatic N) is 1. The minimum atomic E-state index is -3.97. The lowest BCUT2D eigenvalue weighted by Gasteiger charge is -2.18. The molecule has 1 N–H and O–H groups in total. The van der Waals surface area contributed by atoms with Crippen LogP contribution in [0.3, 0.4) is 0 Å². The maximum atomic E-state index is 14.2. The van der Waals surface area contributed by atoms with E-state index in [0.29, 0.717) is 31.4 Å². The fourth-order valence-electron chi connectivity index (χ4n) is 3.82. The van der Waals surface area contributed by atoms with Crippen molar-refractivity contribution in [3.8, 4) is 0 Å². The highest BCUT2D eigenvalue weighted by molar-refractivity contribution is 7.92. The third-order valence-electron chi connectivity index (χ3n) is 5.12. The van der Waals surface area contributed by atoms with E-state index >= 15 is 0 Å². The summed E-state index contributed by atoms with van der Waals surface area (Å²) < 4.78 is 43.7. The molecule has 0 aliphatic heterocycles. The van der Waals surface area contributed by atoms with E-state index < -0.39 is 26.9 Å². The predicted molar refractivity (Wildman–Crippen MR) is 119 cm³/mol. The summed E-state index contributed by atoms with van der Waals surface area (Å²) in [5, 5.41) is 8.56. The van der Waals surface area contributed by atoms with Crippen molar-refractivity contribution in [3.05, 3.63) is 87.0 Å². The van der Waals surface area contributed by atoms with Crippen molar-refractivity contribution in [1.29, 1.82) is 0 Å². The quantitative estimate of drug-likeness (QED) is 0.400. The molecule has 31 heavy (non-hydrogen) atoms. The van der Waals surface area contributed by atoms with Crippen molar-refractivity contribution < 1.29 is 22.7 Å². The van der Waals surface area contributed by atoms with Crippen LogP contribution in [0.2, 0.25) is 4.34 Å². The number of carboxylic acids is 1. The van der Waals surface area contributed by atoms with Gasteiger partial charge >= 0.3 is 5.97 Å². The Morgan fingerprint density at radius 2 is 1.87 bits per heavy atom. The van der Waals surface area contributed by atoms with Crippen LogP contribution in [0.15, 0.2) is 65.6 Å². The first kappa shape index (κ1) is 21.5. The highest BCUT2D eigenvalue weighted by Crippen LogP contribution is 2.44. The van der Waals surface area contributed by atoms with Crippen LogP contribution in [-0.2, 0) is 21.2 Å². The summed E-state index contributed by atoms with van der Waals surface area (Å²) >= 11 is 7.25. The van der Waals surface area contributed by atoms with Gasteiger partial charge in [-0.05, 0) is 49.4 Å². The topological polar surface area (TPSA) is 76.4 Å². The fraction of sp³-hybridized carbons (Fsp3) is 0.136. The summed E-state index contributed by atoms with van der Waals surface area (Å²) in [7, 11) is -3.97. The molecule has 0 aliphatic carbocycles. The molecule has 1 atom stereocenters. The molecule has 2 aromatic carbocycles. The van der Waals surface area contributed by atoms with Gasteiger partial charge in [-0.15, -0.1) is 11.3 Å². The fourth-order valence-corrected chi connectivity index (χ4v) is 7.19. The summed E-state index contributed by atoms with van der Waals surface area (Å²) in [5.74, 6) is -1.63. The van der Waals surface area contributed by atoms with Crippen molar-refractivity contribution in [2.45, 2.75) is 23.6 Å². The van der Waals surface area contributed by atoms with E-state index in [1.54, 1.807) is 37.3 Å². The number of thiophene rings is 1. The molecule has 2 heterocycles. The minimum Gasteiger partial charge on any atom is -0.480 e. The number of hydrogen-bond donors (Lipinski definition) is 1. The van der Waals surface area contributed by atoms with Crippen LogP contribution in [0.5, 0.6) is 0 Å². The molecule has 5 nitrogen and oxygen atoms in total. The molecule has 0 aliphatic rings. The van der Waals surface area contributed by atoms with Crippen molar-refractivity contribution in [1.82, 2.24) is 4.57 Å². The lowest BCUT2D eigenvalue weighted by Crippen LogP contribution is -2.16. The number of rotatable bonds is 6. The third-order valence-corrected chi connectivity index (χ3v) is 8.61. The Kier molecular flexibility index (Phi) is 5.63. The Bertz CT molecular complexity index is 1390. The number of carbonyl (C=O) groups is 1. The van der Waals surface area contributed by atoms with Gasteiger partial charge in [-0.3, -0.25) is 4.79 Å². The highest BCUT2D eigenvalue weighted by Gasteiger charge is 2.36. The average Bonchev–Trinajstić information content (AvgIpc) is 3.25. The summed E-state index contributed by atoms with van der Waals surface area (Å²) in [6, 6.07) is 15.2. The Labute approximate surface area is 187 Å². The van der Waals surface area contributed by atoms with Gasteiger partial charge in [-0.2, -0.15) is 0 Å². The molecule has 2 aromatic heterocycles. The number of benzene rings is 2. The zero-order valence-corrected chi connectivity index (χ0v) is 18.6. The predicted octanol–water partition coefficient (Wildman–Crippen LogP) is 5.45. The number of aliphatic carboxylic acids is 1. The Hall–Kier alpha value is -2.68. The van der Waals surface area contributed by atoms with Crippen molar-refractivity contribution >= 4 is 49.6 Å².